The van der Waals surface area contributed by atoms with Crippen molar-refractivity contribution in [1.29, 1.82) is 0 Å². The summed E-state index contributed by atoms with van der Waals surface area (Å²) in [5, 5.41) is 2.99. The molecule has 0 unspecified atom stereocenters. The number of rotatable bonds is 8. The Morgan fingerprint density at radius 3 is 2.81 bits per heavy atom. The summed E-state index contributed by atoms with van der Waals surface area (Å²) in [6.07, 6.45) is 4.50. The van der Waals surface area contributed by atoms with Gasteiger partial charge in [-0.2, -0.15) is 0 Å². The van der Waals surface area contributed by atoms with Crippen molar-refractivity contribution >= 4 is 11.6 Å². The Hall–Kier alpha value is -1.71. The highest BCUT2D eigenvalue weighted by molar-refractivity contribution is 5.76. The Morgan fingerprint density at radius 1 is 1.43 bits per heavy atom. The lowest BCUT2D eigenvalue weighted by Crippen LogP contribution is -2.25. The lowest BCUT2D eigenvalue weighted by atomic mass is 10.1. The minimum absolute atomic E-state index is 0.133. The van der Waals surface area contributed by atoms with Crippen molar-refractivity contribution in [3.8, 4) is 5.75 Å². The van der Waals surface area contributed by atoms with Crippen LogP contribution in [-0.4, -0.2) is 18.6 Å². The third kappa shape index (κ3) is 5.66. The van der Waals surface area contributed by atoms with E-state index in [1.807, 2.05) is 18.2 Å². The van der Waals surface area contributed by atoms with Gasteiger partial charge in [0.05, 0.1) is 12.3 Å². The van der Waals surface area contributed by atoms with Gasteiger partial charge in [0, 0.05) is 12.5 Å². The number of hydrogen-bond donors (Lipinski definition) is 2. The lowest BCUT2D eigenvalue weighted by Gasteiger charge is -2.11. The number of aryl methyl sites for hydroxylation is 1. The second-order valence-electron chi connectivity index (χ2n) is 6.24. The molecule has 0 radical (unpaired) electrons. The molecule has 0 atom stereocenters. The van der Waals surface area contributed by atoms with E-state index in [1.165, 1.54) is 0 Å². The first-order valence-electron chi connectivity index (χ1n) is 7.85. The van der Waals surface area contributed by atoms with Crippen molar-refractivity contribution < 1.29 is 9.53 Å². The molecule has 1 aromatic carbocycles. The van der Waals surface area contributed by atoms with Gasteiger partial charge in [-0.3, -0.25) is 4.79 Å². The Balaban J connectivity index is 1.78. The fourth-order valence-corrected chi connectivity index (χ4v) is 2.07. The van der Waals surface area contributed by atoms with Gasteiger partial charge < -0.3 is 15.8 Å². The average Bonchev–Trinajstić information content (AvgIpc) is 3.22. The van der Waals surface area contributed by atoms with Crippen molar-refractivity contribution in [2.45, 2.75) is 52.0 Å². The third-order valence-corrected chi connectivity index (χ3v) is 3.61. The van der Waals surface area contributed by atoms with Gasteiger partial charge >= 0.3 is 0 Å². The molecular formula is C17H26N2O2. The highest BCUT2D eigenvalue weighted by Crippen LogP contribution is 2.24. The number of nitrogen functional groups attached to an aromatic ring is 1. The molecule has 1 aromatic rings. The van der Waals surface area contributed by atoms with Crippen LogP contribution in [0, 0.1) is 5.92 Å². The Morgan fingerprint density at radius 2 is 2.19 bits per heavy atom. The number of ether oxygens (including phenoxy) is 1. The molecule has 1 aliphatic rings. The van der Waals surface area contributed by atoms with Crippen molar-refractivity contribution in [3.05, 3.63) is 23.8 Å². The molecule has 2 rings (SSSR count). The summed E-state index contributed by atoms with van der Waals surface area (Å²) in [4.78, 5) is 11.7. The van der Waals surface area contributed by atoms with Gasteiger partial charge in [-0.15, -0.1) is 0 Å². The first-order valence-corrected chi connectivity index (χ1v) is 7.85. The van der Waals surface area contributed by atoms with Crippen molar-refractivity contribution in [3.63, 3.8) is 0 Å². The quantitative estimate of drug-likeness (QED) is 0.724. The fraction of sp³-hybridized carbons (Fsp3) is 0.588. The molecule has 0 aliphatic heterocycles. The average molecular weight is 290 g/mol. The highest BCUT2D eigenvalue weighted by atomic mass is 16.5. The normalized spacial score (nSPS) is 14.2. The number of benzene rings is 1. The predicted molar refractivity (Wildman–Crippen MR) is 85.3 cm³/mol. The van der Waals surface area contributed by atoms with Gasteiger partial charge in [0.15, 0.2) is 0 Å². The van der Waals surface area contributed by atoms with Crippen LogP contribution in [0.15, 0.2) is 18.2 Å². The molecule has 4 heteroatoms. The van der Waals surface area contributed by atoms with E-state index in [0.29, 0.717) is 30.7 Å². The maximum absolute atomic E-state index is 11.7. The summed E-state index contributed by atoms with van der Waals surface area (Å²) in [6, 6.07) is 6.24. The molecule has 1 saturated carbocycles. The maximum atomic E-state index is 11.7. The van der Waals surface area contributed by atoms with Crippen LogP contribution in [0.1, 0.15) is 45.1 Å². The van der Waals surface area contributed by atoms with Crippen LogP contribution >= 0.6 is 0 Å². The number of anilines is 1. The molecule has 0 aromatic heterocycles. The zero-order valence-corrected chi connectivity index (χ0v) is 13.0. The molecule has 1 fully saturated rings. The van der Waals surface area contributed by atoms with Gasteiger partial charge in [0.25, 0.3) is 0 Å². The second-order valence-corrected chi connectivity index (χ2v) is 6.24. The van der Waals surface area contributed by atoms with E-state index in [0.717, 1.165) is 37.0 Å². The van der Waals surface area contributed by atoms with Crippen molar-refractivity contribution in [2.75, 3.05) is 12.3 Å². The standard InChI is InChI=1S/C17H26N2O2/c1-12(2)9-10-21-16-7-3-13(11-15(16)18)4-8-17(20)19-14-5-6-14/h3,7,11-12,14H,4-6,8-10,18H2,1-2H3,(H,19,20). The zero-order chi connectivity index (χ0) is 15.2. The molecule has 0 heterocycles. The van der Waals surface area contributed by atoms with Crippen LogP contribution < -0.4 is 15.8 Å². The first kappa shape index (κ1) is 15.7. The zero-order valence-electron chi connectivity index (χ0n) is 13.0. The first-order chi connectivity index (χ1) is 10.0. The minimum Gasteiger partial charge on any atom is -0.491 e. The summed E-state index contributed by atoms with van der Waals surface area (Å²) < 4.78 is 5.68. The summed E-state index contributed by atoms with van der Waals surface area (Å²) >= 11 is 0. The van der Waals surface area contributed by atoms with Crippen LogP contribution in [-0.2, 0) is 11.2 Å². The summed E-state index contributed by atoms with van der Waals surface area (Å²) in [5.41, 5.74) is 7.74. The lowest BCUT2D eigenvalue weighted by molar-refractivity contribution is -0.121. The Bertz CT molecular complexity index is 482. The molecule has 1 amide bonds. The molecule has 3 N–H and O–H groups in total. The van der Waals surface area contributed by atoms with E-state index in [4.69, 9.17) is 10.5 Å². The number of carbonyl (C=O) groups excluding carboxylic acids is 1. The third-order valence-electron chi connectivity index (χ3n) is 3.61. The topological polar surface area (TPSA) is 64.3 Å². The van der Waals surface area contributed by atoms with Crippen molar-refractivity contribution in [1.82, 2.24) is 5.32 Å². The summed E-state index contributed by atoms with van der Waals surface area (Å²) in [7, 11) is 0. The van der Waals surface area contributed by atoms with Crippen LogP contribution in [0.2, 0.25) is 0 Å². The van der Waals surface area contributed by atoms with Crippen LogP contribution in [0.3, 0.4) is 0 Å². The highest BCUT2D eigenvalue weighted by Gasteiger charge is 2.22. The SMILES string of the molecule is CC(C)CCOc1ccc(CCC(=O)NC2CC2)cc1N. The smallest absolute Gasteiger partial charge is 0.220 e. The number of nitrogens with two attached hydrogens (primary N) is 1. The number of hydrogen-bond acceptors (Lipinski definition) is 3. The van der Waals surface area contributed by atoms with Gasteiger partial charge in [0.1, 0.15) is 5.75 Å². The summed E-state index contributed by atoms with van der Waals surface area (Å²) in [6.45, 7) is 5.02. The van der Waals surface area contributed by atoms with E-state index < -0.39 is 0 Å². The van der Waals surface area contributed by atoms with E-state index in [1.54, 1.807) is 0 Å². The van der Waals surface area contributed by atoms with Gasteiger partial charge in [-0.25, -0.2) is 0 Å². The van der Waals surface area contributed by atoms with Crippen LogP contribution in [0.5, 0.6) is 5.75 Å². The number of nitrogens with one attached hydrogen (secondary N) is 1. The molecule has 0 bridgehead atoms. The van der Waals surface area contributed by atoms with Crippen LogP contribution in [0.4, 0.5) is 5.69 Å². The van der Waals surface area contributed by atoms with E-state index in [-0.39, 0.29) is 5.91 Å². The molecule has 1 aliphatic carbocycles. The number of carbonyl (C=O) groups is 1. The maximum Gasteiger partial charge on any atom is 0.220 e. The number of amides is 1. The molecule has 4 nitrogen and oxygen atoms in total. The van der Waals surface area contributed by atoms with Gasteiger partial charge in [-0.1, -0.05) is 19.9 Å². The molecule has 116 valence electrons. The van der Waals surface area contributed by atoms with E-state index in [9.17, 15) is 4.79 Å². The predicted octanol–water partition coefficient (Wildman–Crippen LogP) is 2.90. The molecule has 0 saturated heterocycles. The Kier molecular flexibility index (Phi) is 5.48. The molecule has 0 spiro atoms. The monoisotopic (exact) mass is 290 g/mol. The molecule has 21 heavy (non-hydrogen) atoms. The second kappa shape index (κ2) is 7.34. The minimum atomic E-state index is 0.133. The largest absolute Gasteiger partial charge is 0.491 e. The summed E-state index contributed by atoms with van der Waals surface area (Å²) in [5.74, 6) is 1.49. The van der Waals surface area contributed by atoms with Crippen molar-refractivity contribution in [2.24, 2.45) is 5.92 Å². The fourth-order valence-electron chi connectivity index (χ4n) is 2.07. The Labute approximate surface area is 127 Å². The van der Waals surface area contributed by atoms with E-state index in [2.05, 4.69) is 19.2 Å². The van der Waals surface area contributed by atoms with E-state index >= 15 is 0 Å². The van der Waals surface area contributed by atoms with Gasteiger partial charge in [0.2, 0.25) is 5.91 Å². The van der Waals surface area contributed by atoms with Crippen LogP contribution in [0.25, 0.3) is 0 Å². The molecular weight excluding hydrogens is 264 g/mol. The van der Waals surface area contributed by atoms with Gasteiger partial charge in [-0.05, 0) is 49.3 Å².